The van der Waals surface area contributed by atoms with Gasteiger partial charge in [-0.15, -0.1) is 11.6 Å². The summed E-state index contributed by atoms with van der Waals surface area (Å²) in [5.74, 6) is 0.291. The highest BCUT2D eigenvalue weighted by molar-refractivity contribution is 7.91. The average Bonchev–Trinajstić information content (AvgIpc) is 2.76. The Hall–Kier alpha value is -1.71. The number of hydrogen-bond acceptors (Lipinski definition) is 7. The summed E-state index contributed by atoms with van der Waals surface area (Å²) in [5, 5.41) is -0.0198. The van der Waals surface area contributed by atoms with Gasteiger partial charge in [0, 0.05) is 20.0 Å². The van der Waals surface area contributed by atoms with E-state index >= 15 is 0 Å². The van der Waals surface area contributed by atoms with Crippen LogP contribution in [0.3, 0.4) is 0 Å². The highest BCUT2D eigenvalue weighted by Gasteiger charge is 2.22. The van der Waals surface area contributed by atoms with Gasteiger partial charge in [-0.25, -0.2) is 8.42 Å². The molecule has 0 heterocycles. The normalized spacial score (nSPS) is 13.3. The number of esters is 1. The fourth-order valence-electron chi connectivity index (χ4n) is 2.77. The maximum absolute atomic E-state index is 13.1. The van der Waals surface area contributed by atoms with Gasteiger partial charge in [0.05, 0.1) is 38.9 Å². The van der Waals surface area contributed by atoms with Crippen LogP contribution in [0.25, 0.3) is 0 Å². The second-order valence-corrected chi connectivity index (χ2v) is 10.3. The van der Waals surface area contributed by atoms with E-state index in [1.807, 2.05) is 6.92 Å². The third-order valence-electron chi connectivity index (χ3n) is 4.32. The minimum Gasteiger partial charge on any atom is -0.493 e. The Kier molecular flexibility index (Phi) is 10.6. The molecule has 0 bridgehead atoms. The SMILES string of the molecule is COC[C@H](C)COc1ccc(S(=O)(=O)c2cc(Cl)c(OC[C@@H](CCl)OC(C)=O)c(Cl)c2)cc1. The third-order valence-corrected chi connectivity index (χ3v) is 6.97. The third kappa shape index (κ3) is 7.93. The number of methoxy groups -OCH3 is 1. The molecule has 0 unspecified atom stereocenters. The van der Waals surface area contributed by atoms with Gasteiger partial charge in [-0.05, 0) is 36.4 Å². The summed E-state index contributed by atoms with van der Waals surface area (Å²) in [6, 6.07) is 8.54. The van der Waals surface area contributed by atoms with Crippen LogP contribution >= 0.6 is 34.8 Å². The van der Waals surface area contributed by atoms with Crippen molar-refractivity contribution in [2.75, 3.05) is 32.8 Å². The van der Waals surface area contributed by atoms with Crippen LogP contribution in [0.5, 0.6) is 11.5 Å². The molecule has 0 aliphatic carbocycles. The van der Waals surface area contributed by atoms with Crippen molar-refractivity contribution in [1.82, 2.24) is 0 Å². The first-order valence-electron chi connectivity index (χ1n) is 9.90. The van der Waals surface area contributed by atoms with E-state index in [1.54, 1.807) is 19.2 Å². The molecule has 11 heteroatoms. The molecule has 0 aliphatic rings. The second kappa shape index (κ2) is 12.7. The molecule has 0 amide bonds. The zero-order chi connectivity index (χ0) is 24.6. The standard InChI is InChI=1S/C22H25Cl3O7S/c1-14(11-29-3)12-30-16-4-6-18(7-5-16)33(27,28)19-8-20(24)22(21(25)9-19)31-13-17(10-23)32-15(2)26/h4-9,14,17H,10-13H2,1-3H3/t14-,17+/m0/s1. The van der Waals surface area contributed by atoms with Crippen molar-refractivity contribution in [3.05, 3.63) is 46.4 Å². The molecule has 33 heavy (non-hydrogen) atoms. The first-order chi connectivity index (χ1) is 15.6. The highest BCUT2D eigenvalue weighted by atomic mass is 35.5. The molecule has 182 valence electrons. The van der Waals surface area contributed by atoms with E-state index in [-0.39, 0.29) is 44.0 Å². The molecule has 7 nitrogen and oxygen atoms in total. The van der Waals surface area contributed by atoms with Crippen molar-refractivity contribution in [1.29, 1.82) is 0 Å². The Morgan fingerprint density at radius 1 is 0.970 bits per heavy atom. The zero-order valence-electron chi connectivity index (χ0n) is 18.3. The number of carbonyl (C=O) groups excluding carboxylic acids is 1. The van der Waals surface area contributed by atoms with Crippen LogP contribution < -0.4 is 9.47 Å². The van der Waals surface area contributed by atoms with Crippen LogP contribution in [0.4, 0.5) is 0 Å². The molecule has 0 radical (unpaired) electrons. The van der Waals surface area contributed by atoms with Gasteiger partial charge in [0.25, 0.3) is 0 Å². The second-order valence-electron chi connectivity index (χ2n) is 7.26. The molecular weight excluding hydrogens is 515 g/mol. The molecule has 0 spiro atoms. The predicted molar refractivity (Wildman–Crippen MR) is 127 cm³/mol. The van der Waals surface area contributed by atoms with Crippen molar-refractivity contribution in [3.8, 4) is 11.5 Å². The molecule has 0 fully saturated rings. The lowest BCUT2D eigenvalue weighted by Gasteiger charge is -2.17. The van der Waals surface area contributed by atoms with E-state index in [0.29, 0.717) is 19.0 Å². The zero-order valence-corrected chi connectivity index (χ0v) is 21.4. The molecule has 2 aromatic rings. The van der Waals surface area contributed by atoms with E-state index in [2.05, 4.69) is 0 Å². The number of hydrogen-bond donors (Lipinski definition) is 0. The Morgan fingerprint density at radius 3 is 2.09 bits per heavy atom. The highest BCUT2D eigenvalue weighted by Crippen LogP contribution is 2.37. The van der Waals surface area contributed by atoms with Crippen LogP contribution in [0.2, 0.25) is 10.0 Å². The van der Waals surface area contributed by atoms with Crippen molar-refractivity contribution < 1.29 is 32.2 Å². The Balaban J connectivity index is 2.16. The maximum atomic E-state index is 13.1. The number of ether oxygens (including phenoxy) is 4. The van der Waals surface area contributed by atoms with E-state index in [9.17, 15) is 13.2 Å². The largest absolute Gasteiger partial charge is 0.493 e. The van der Waals surface area contributed by atoms with Gasteiger partial charge in [-0.2, -0.15) is 0 Å². The lowest BCUT2D eigenvalue weighted by molar-refractivity contribution is -0.146. The van der Waals surface area contributed by atoms with Gasteiger partial charge < -0.3 is 18.9 Å². The summed E-state index contributed by atoms with van der Waals surface area (Å²) < 4.78 is 47.4. The minimum atomic E-state index is -3.90. The quantitative estimate of drug-likeness (QED) is 0.276. The van der Waals surface area contributed by atoms with Gasteiger partial charge in [0.1, 0.15) is 18.5 Å². The maximum Gasteiger partial charge on any atom is 0.303 e. The van der Waals surface area contributed by atoms with Crippen LogP contribution in [0.1, 0.15) is 13.8 Å². The topological polar surface area (TPSA) is 88.1 Å². The van der Waals surface area contributed by atoms with Crippen LogP contribution in [-0.2, 0) is 24.1 Å². The van der Waals surface area contributed by atoms with Gasteiger partial charge in [-0.1, -0.05) is 30.1 Å². The van der Waals surface area contributed by atoms with E-state index < -0.39 is 21.9 Å². The molecule has 2 rings (SSSR count). The summed E-state index contributed by atoms with van der Waals surface area (Å²) in [6.45, 7) is 4.13. The average molecular weight is 540 g/mol. The van der Waals surface area contributed by atoms with Crippen LogP contribution in [0, 0.1) is 5.92 Å². The molecule has 2 atom stereocenters. The summed E-state index contributed by atoms with van der Waals surface area (Å²) in [4.78, 5) is 11.1. The smallest absolute Gasteiger partial charge is 0.303 e. The van der Waals surface area contributed by atoms with Crippen molar-refractivity contribution >= 4 is 50.6 Å². The van der Waals surface area contributed by atoms with Crippen molar-refractivity contribution in [2.24, 2.45) is 5.92 Å². The Bertz CT molecular complexity index is 1020. The monoisotopic (exact) mass is 538 g/mol. The fourth-order valence-corrected chi connectivity index (χ4v) is 4.96. The molecule has 0 saturated carbocycles. The minimum absolute atomic E-state index is 0.00623. The van der Waals surface area contributed by atoms with Crippen LogP contribution in [-0.4, -0.2) is 53.3 Å². The molecule has 0 aromatic heterocycles. The molecular formula is C22H25Cl3O7S. The number of halogens is 3. The fraction of sp³-hybridized carbons (Fsp3) is 0.409. The van der Waals surface area contributed by atoms with Gasteiger partial charge >= 0.3 is 5.97 Å². The van der Waals surface area contributed by atoms with E-state index in [4.69, 9.17) is 53.8 Å². The summed E-state index contributed by atoms with van der Waals surface area (Å²) in [5.41, 5.74) is 0. The van der Waals surface area contributed by atoms with Gasteiger partial charge in [-0.3, -0.25) is 4.79 Å². The first-order valence-corrected chi connectivity index (χ1v) is 12.7. The van der Waals surface area contributed by atoms with Crippen molar-refractivity contribution in [2.45, 2.75) is 29.7 Å². The molecule has 2 aromatic carbocycles. The lowest BCUT2D eigenvalue weighted by Crippen LogP contribution is -2.25. The first kappa shape index (κ1) is 27.5. The Labute approximate surface area is 208 Å². The number of alkyl halides is 1. The predicted octanol–water partition coefficient (Wildman–Crippen LogP) is 5.04. The van der Waals surface area contributed by atoms with Gasteiger partial charge in [0.2, 0.25) is 9.84 Å². The van der Waals surface area contributed by atoms with Crippen molar-refractivity contribution in [3.63, 3.8) is 0 Å². The van der Waals surface area contributed by atoms with Gasteiger partial charge in [0.15, 0.2) is 5.75 Å². The lowest BCUT2D eigenvalue weighted by atomic mass is 10.2. The van der Waals surface area contributed by atoms with E-state index in [0.717, 1.165) is 0 Å². The van der Waals surface area contributed by atoms with E-state index in [1.165, 1.54) is 31.2 Å². The number of sulfone groups is 1. The number of carbonyl (C=O) groups is 1. The summed E-state index contributed by atoms with van der Waals surface area (Å²) in [7, 11) is -2.28. The summed E-state index contributed by atoms with van der Waals surface area (Å²) in [6.07, 6.45) is -0.710. The van der Waals surface area contributed by atoms with Crippen LogP contribution in [0.15, 0.2) is 46.2 Å². The number of rotatable bonds is 12. The molecule has 0 N–H and O–H groups in total. The molecule has 0 aliphatic heterocycles. The number of benzene rings is 2. The Morgan fingerprint density at radius 2 is 1.58 bits per heavy atom. The molecule has 0 saturated heterocycles. The summed E-state index contributed by atoms with van der Waals surface area (Å²) >= 11 is 18.2.